The Labute approximate surface area is 136 Å². The van der Waals surface area contributed by atoms with Gasteiger partial charge < -0.3 is 14.5 Å². The van der Waals surface area contributed by atoms with Crippen molar-refractivity contribution in [3.63, 3.8) is 0 Å². The predicted molar refractivity (Wildman–Crippen MR) is 89.3 cm³/mol. The SMILES string of the molecule is COc1ccc2[nH]cc(CCNS(=O)(=O)C3CCOC3C)c2c1. The number of methoxy groups -OCH3 is 1. The number of aromatic amines is 1. The molecule has 7 heteroatoms. The highest BCUT2D eigenvalue weighted by atomic mass is 32.2. The molecule has 1 aromatic heterocycles. The van der Waals surface area contributed by atoms with Crippen molar-refractivity contribution in [1.82, 2.24) is 9.71 Å². The summed E-state index contributed by atoms with van der Waals surface area (Å²) in [5.74, 6) is 0.788. The number of benzene rings is 1. The number of hydrogen-bond acceptors (Lipinski definition) is 4. The minimum absolute atomic E-state index is 0.246. The van der Waals surface area contributed by atoms with Crippen LogP contribution in [0.15, 0.2) is 24.4 Å². The summed E-state index contributed by atoms with van der Waals surface area (Å²) >= 11 is 0. The van der Waals surface area contributed by atoms with Gasteiger partial charge in [0.1, 0.15) is 11.0 Å². The molecule has 2 atom stereocenters. The molecule has 2 N–H and O–H groups in total. The van der Waals surface area contributed by atoms with E-state index in [2.05, 4.69) is 9.71 Å². The van der Waals surface area contributed by atoms with Gasteiger partial charge in [0.15, 0.2) is 0 Å². The van der Waals surface area contributed by atoms with Gasteiger partial charge in [0.25, 0.3) is 0 Å². The van der Waals surface area contributed by atoms with Crippen LogP contribution in [0.1, 0.15) is 18.9 Å². The van der Waals surface area contributed by atoms with E-state index in [1.165, 1.54) is 0 Å². The van der Waals surface area contributed by atoms with Gasteiger partial charge in [0.2, 0.25) is 10.0 Å². The van der Waals surface area contributed by atoms with Crippen molar-refractivity contribution in [2.24, 2.45) is 0 Å². The second kappa shape index (κ2) is 6.51. The number of ether oxygens (including phenoxy) is 2. The van der Waals surface area contributed by atoms with E-state index >= 15 is 0 Å². The van der Waals surface area contributed by atoms with Gasteiger partial charge in [0, 0.05) is 30.3 Å². The zero-order chi connectivity index (χ0) is 16.4. The molecule has 23 heavy (non-hydrogen) atoms. The Hall–Kier alpha value is -1.57. The van der Waals surface area contributed by atoms with Crippen LogP contribution in [-0.4, -0.2) is 45.0 Å². The van der Waals surface area contributed by atoms with Gasteiger partial charge in [-0.25, -0.2) is 13.1 Å². The highest BCUT2D eigenvalue weighted by molar-refractivity contribution is 7.90. The van der Waals surface area contributed by atoms with Crippen molar-refractivity contribution < 1.29 is 17.9 Å². The van der Waals surface area contributed by atoms with Crippen LogP contribution in [0.2, 0.25) is 0 Å². The number of sulfonamides is 1. The van der Waals surface area contributed by atoms with E-state index in [9.17, 15) is 8.42 Å². The summed E-state index contributed by atoms with van der Waals surface area (Å²) in [6.07, 6.45) is 2.85. The zero-order valence-electron chi connectivity index (χ0n) is 13.3. The summed E-state index contributed by atoms with van der Waals surface area (Å²) in [6, 6.07) is 5.81. The van der Waals surface area contributed by atoms with Gasteiger partial charge in [-0.3, -0.25) is 0 Å². The van der Waals surface area contributed by atoms with Crippen molar-refractivity contribution in [2.45, 2.75) is 31.1 Å². The minimum Gasteiger partial charge on any atom is -0.497 e. The van der Waals surface area contributed by atoms with E-state index in [-0.39, 0.29) is 6.10 Å². The van der Waals surface area contributed by atoms with Gasteiger partial charge in [-0.1, -0.05) is 0 Å². The smallest absolute Gasteiger partial charge is 0.217 e. The maximum Gasteiger partial charge on any atom is 0.217 e. The summed E-state index contributed by atoms with van der Waals surface area (Å²) in [5, 5.41) is 0.603. The molecule has 1 aliphatic heterocycles. The minimum atomic E-state index is -3.34. The van der Waals surface area contributed by atoms with Crippen LogP contribution in [0, 0.1) is 0 Å². The Balaban J connectivity index is 1.67. The molecule has 0 radical (unpaired) electrons. The molecule has 1 fully saturated rings. The Morgan fingerprint density at radius 3 is 2.96 bits per heavy atom. The predicted octanol–water partition coefficient (Wildman–Crippen LogP) is 1.82. The zero-order valence-corrected chi connectivity index (χ0v) is 14.2. The summed E-state index contributed by atoms with van der Waals surface area (Å²) in [6.45, 7) is 2.69. The van der Waals surface area contributed by atoms with Crippen LogP contribution in [-0.2, 0) is 21.2 Å². The van der Waals surface area contributed by atoms with E-state index in [0.29, 0.717) is 26.0 Å². The maximum absolute atomic E-state index is 12.3. The van der Waals surface area contributed by atoms with E-state index in [4.69, 9.17) is 9.47 Å². The number of fused-ring (bicyclic) bond motifs is 1. The number of nitrogens with one attached hydrogen (secondary N) is 2. The lowest BCUT2D eigenvalue weighted by atomic mass is 10.1. The van der Waals surface area contributed by atoms with Crippen LogP contribution in [0.5, 0.6) is 5.75 Å². The third kappa shape index (κ3) is 3.36. The molecule has 0 saturated carbocycles. The van der Waals surface area contributed by atoms with Crippen molar-refractivity contribution in [2.75, 3.05) is 20.3 Å². The molecule has 0 amide bonds. The molecule has 3 rings (SSSR count). The molecule has 1 saturated heterocycles. The Bertz CT molecular complexity index is 784. The van der Waals surface area contributed by atoms with Crippen LogP contribution in [0.3, 0.4) is 0 Å². The lowest BCUT2D eigenvalue weighted by molar-refractivity contribution is 0.126. The number of rotatable bonds is 6. The van der Waals surface area contributed by atoms with E-state index in [1.54, 1.807) is 7.11 Å². The molecule has 0 spiro atoms. The monoisotopic (exact) mass is 338 g/mol. The highest BCUT2D eigenvalue weighted by Crippen LogP contribution is 2.24. The normalized spacial score (nSPS) is 21.8. The van der Waals surface area contributed by atoms with Gasteiger partial charge in [-0.15, -0.1) is 0 Å². The van der Waals surface area contributed by atoms with E-state index < -0.39 is 15.3 Å². The fourth-order valence-electron chi connectivity index (χ4n) is 3.05. The summed E-state index contributed by atoms with van der Waals surface area (Å²) < 4.78 is 37.9. The van der Waals surface area contributed by atoms with Crippen LogP contribution >= 0.6 is 0 Å². The quantitative estimate of drug-likeness (QED) is 0.842. The molecule has 2 unspecified atom stereocenters. The molecule has 0 aliphatic carbocycles. The van der Waals surface area contributed by atoms with Gasteiger partial charge >= 0.3 is 0 Å². The molecule has 0 bridgehead atoms. The first kappa shape index (κ1) is 16.3. The Morgan fingerprint density at radius 1 is 1.43 bits per heavy atom. The Morgan fingerprint density at radius 2 is 2.26 bits per heavy atom. The fourth-order valence-corrected chi connectivity index (χ4v) is 4.64. The molecule has 1 aromatic carbocycles. The van der Waals surface area contributed by atoms with Crippen LogP contribution < -0.4 is 9.46 Å². The molecular formula is C16H22N2O4S. The third-order valence-corrected chi connectivity index (χ3v) is 6.40. The molecular weight excluding hydrogens is 316 g/mol. The summed E-state index contributed by atoms with van der Waals surface area (Å²) in [4.78, 5) is 3.20. The largest absolute Gasteiger partial charge is 0.497 e. The fraction of sp³-hybridized carbons (Fsp3) is 0.500. The molecule has 126 valence electrons. The summed E-state index contributed by atoms with van der Waals surface area (Å²) in [7, 11) is -1.71. The average molecular weight is 338 g/mol. The summed E-state index contributed by atoms with van der Waals surface area (Å²) in [5.41, 5.74) is 2.08. The molecule has 2 aromatic rings. The first-order chi connectivity index (χ1) is 11.0. The van der Waals surface area contributed by atoms with Crippen molar-refractivity contribution in [1.29, 1.82) is 0 Å². The molecule has 1 aliphatic rings. The lowest BCUT2D eigenvalue weighted by Gasteiger charge is -2.15. The van der Waals surface area contributed by atoms with E-state index in [0.717, 1.165) is 22.2 Å². The maximum atomic E-state index is 12.3. The number of H-pyrrole nitrogens is 1. The van der Waals surface area contributed by atoms with Crippen LogP contribution in [0.25, 0.3) is 10.9 Å². The van der Waals surface area contributed by atoms with Crippen molar-refractivity contribution in [3.8, 4) is 5.75 Å². The van der Waals surface area contributed by atoms with Gasteiger partial charge in [-0.05, 0) is 43.5 Å². The lowest BCUT2D eigenvalue weighted by Crippen LogP contribution is -2.39. The Kier molecular flexibility index (Phi) is 4.61. The van der Waals surface area contributed by atoms with Crippen molar-refractivity contribution in [3.05, 3.63) is 30.0 Å². The van der Waals surface area contributed by atoms with Gasteiger partial charge in [-0.2, -0.15) is 0 Å². The highest BCUT2D eigenvalue weighted by Gasteiger charge is 2.35. The number of hydrogen-bond donors (Lipinski definition) is 2. The second-order valence-corrected chi connectivity index (χ2v) is 7.80. The van der Waals surface area contributed by atoms with Gasteiger partial charge in [0.05, 0.1) is 13.2 Å². The molecule has 2 heterocycles. The van der Waals surface area contributed by atoms with Crippen LogP contribution in [0.4, 0.5) is 0 Å². The molecule has 6 nitrogen and oxygen atoms in total. The number of aromatic nitrogens is 1. The standard InChI is InChI=1S/C16H22N2O4S/c1-11-16(6-8-22-11)23(19,20)18-7-5-12-10-17-15-4-3-13(21-2)9-14(12)15/h3-4,9-11,16-18H,5-8H2,1-2H3. The topological polar surface area (TPSA) is 80.4 Å². The van der Waals surface area contributed by atoms with E-state index in [1.807, 2.05) is 31.3 Å². The average Bonchev–Trinajstić information content (AvgIpc) is 3.13. The first-order valence-corrected chi connectivity index (χ1v) is 9.30. The van der Waals surface area contributed by atoms with Crippen molar-refractivity contribution >= 4 is 20.9 Å². The third-order valence-electron chi connectivity index (χ3n) is 4.38. The first-order valence-electron chi connectivity index (χ1n) is 7.75. The second-order valence-electron chi connectivity index (χ2n) is 5.82.